The van der Waals surface area contributed by atoms with Crippen molar-refractivity contribution in [3.05, 3.63) is 23.8 Å². The first kappa shape index (κ1) is 18.5. The van der Waals surface area contributed by atoms with Gasteiger partial charge in [0.15, 0.2) is 0 Å². The third-order valence-corrected chi connectivity index (χ3v) is 5.40. The van der Waals surface area contributed by atoms with Gasteiger partial charge in [-0.05, 0) is 43.7 Å². The monoisotopic (exact) mass is 360 g/mol. The van der Waals surface area contributed by atoms with E-state index in [1.165, 1.54) is 0 Å². The third-order valence-electron chi connectivity index (χ3n) is 5.40. The lowest BCUT2D eigenvalue weighted by Gasteiger charge is -2.36. The summed E-state index contributed by atoms with van der Waals surface area (Å²) < 4.78 is 10.5. The second-order valence-corrected chi connectivity index (χ2v) is 7.13. The van der Waals surface area contributed by atoms with Crippen LogP contribution < -0.4 is 9.47 Å². The maximum Gasteiger partial charge on any atom is 0.254 e. The Bertz CT molecular complexity index is 631. The number of hydrogen-bond acceptors (Lipinski definition) is 4. The Morgan fingerprint density at radius 1 is 1.04 bits per heavy atom. The molecule has 0 radical (unpaired) electrons. The molecule has 0 aromatic heterocycles. The van der Waals surface area contributed by atoms with Crippen LogP contribution >= 0.6 is 0 Å². The highest BCUT2D eigenvalue weighted by atomic mass is 16.5. The molecule has 0 atom stereocenters. The molecule has 0 aliphatic carbocycles. The number of likely N-dealkylation sites (tertiary alicyclic amines) is 2. The third kappa shape index (κ3) is 4.29. The van der Waals surface area contributed by atoms with Gasteiger partial charge in [0.25, 0.3) is 5.91 Å². The average Bonchev–Trinajstić information content (AvgIpc) is 2.69. The predicted octanol–water partition coefficient (Wildman–Crippen LogP) is 2.57. The van der Waals surface area contributed by atoms with E-state index in [9.17, 15) is 9.59 Å². The van der Waals surface area contributed by atoms with Crippen LogP contribution in [0.1, 0.15) is 42.5 Å². The molecule has 0 unspecified atom stereocenters. The smallest absolute Gasteiger partial charge is 0.254 e. The summed E-state index contributed by atoms with van der Waals surface area (Å²) in [5.41, 5.74) is 0.589. The first-order valence-corrected chi connectivity index (χ1v) is 9.41. The van der Waals surface area contributed by atoms with E-state index in [1.54, 1.807) is 32.4 Å². The van der Waals surface area contributed by atoms with Crippen molar-refractivity contribution in [3.63, 3.8) is 0 Å². The molecule has 0 spiro atoms. The fourth-order valence-corrected chi connectivity index (χ4v) is 3.80. The zero-order chi connectivity index (χ0) is 18.5. The van der Waals surface area contributed by atoms with Crippen LogP contribution in [0.15, 0.2) is 18.2 Å². The minimum absolute atomic E-state index is 0.00898. The number of methoxy groups -OCH3 is 2. The molecule has 2 heterocycles. The Morgan fingerprint density at radius 2 is 1.69 bits per heavy atom. The molecule has 1 aromatic rings. The van der Waals surface area contributed by atoms with Crippen molar-refractivity contribution in [2.45, 2.75) is 32.1 Å². The number of nitrogens with zero attached hydrogens (tertiary/aromatic N) is 2. The largest absolute Gasteiger partial charge is 0.497 e. The van der Waals surface area contributed by atoms with Crippen molar-refractivity contribution < 1.29 is 19.1 Å². The zero-order valence-corrected chi connectivity index (χ0v) is 15.7. The van der Waals surface area contributed by atoms with Gasteiger partial charge in [0.05, 0.1) is 14.2 Å². The van der Waals surface area contributed by atoms with Crippen molar-refractivity contribution in [2.24, 2.45) is 5.92 Å². The summed E-state index contributed by atoms with van der Waals surface area (Å²) in [6.45, 7) is 3.19. The molecule has 1 aromatic carbocycles. The van der Waals surface area contributed by atoms with Gasteiger partial charge in [-0.1, -0.05) is 0 Å². The van der Waals surface area contributed by atoms with Crippen LogP contribution in [-0.2, 0) is 4.79 Å². The van der Waals surface area contributed by atoms with Crippen molar-refractivity contribution >= 4 is 11.8 Å². The lowest BCUT2D eigenvalue weighted by atomic mass is 9.94. The van der Waals surface area contributed by atoms with Gasteiger partial charge >= 0.3 is 0 Å². The first-order chi connectivity index (χ1) is 12.6. The molecule has 2 aliphatic heterocycles. The Morgan fingerprint density at radius 3 is 2.27 bits per heavy atom. The van der Waals surface area contributed by atoms with Crippen LogP contribution in [0.4, 0.5) is 0 Å². The molecule has 2 fully saturated rings. The number of ether oxygens (including phenoxy) is 2. The summed E-state index contributed by atoms with van der Waals surface area (Å²) in [7, 11) is 3.16. The van der Waals surface area contributed by atoms with Gasteiger partial charge in [0.1, 0.15) is 11.5 Å². The number of carbonyl (C=O) groups excluding carboxylic acids is 2. The summed E-state index contributed by atoms with van der Waals surface area (Å²) >= 11 is 0. The molecule has 2 aliphatic rings. The molecule has 2 saturated heterocycles. The van der Waals surface area contributed by atoms with Gasteiger partial charge in [0, 0.05) is 44.2 Å². The number of amides is 2. The Kier molecular flexibility index (Phi) is 6.01. The molecule has 2 amide bonds. The highest BCUT2D eigenvalue weighted by Crippen LogP contribution is 2.26. The van der Waals surface area contributed by atoms with Crippen LogP contribution in [-0.4, -0.2) is 62.0 Å². The fraction of sp³-hybridized carbons (Fsp3) is 0.600. The number of piperidine rings is 2. The zero-order valence-electron chi connectivity index (χ0n) is 15.7. The average molecular weight is 360 g/mol. The van der Waals surface area contributed by atoms with E-state index >= 15 is 0 Å². The summed E-state index contributed by atoms with van der Waals surface area (Å²) in [6, 6.07) is 5.27. The van der Waals surface area contributed by atoms with E-state index in [2.05, 4.69) is 0 Å². The highest BCUT2D eigenvalue weighted by molar-refractivity contribution is 5.95. The maximum absolute atomic E-state index is 12.8. The van der Waals surface area contributed by atoms with Gasteiger partial charge < -0.3 is 19.3 Å². The molecular formula is C20H28N2O4. The van der Waals surface area contributed by atoms with E-state index in [4.69, 9.17) is 9.47 Å². The molecule has 0 bridgehead atoms. The van der Waals surface area contributed by atoms with Gasteiger partial charge in [-0.3, -0.25) is 9.59 Å². The van der Waals surface area contributed by atoms with Gasteiger partial charge in [-0.25, -0.2) is 0 Å². The Balaban J connectivity index is 1.57. The van der Waals surface area contributed by atoms with Crippen LogP contribution in [0.25, 0.3) is 0 Å². The molecule has 0 N–H and O–H groups in total. The van der Waals surface area contributed by atoms with Crippen LogP contribution in [0.5, 0.6) is 11.5 Å². The first-order valence-electron chi connectivity index (χ1n) is 9.41. The molecule has 3 rings (SSSR count). The predicted molar refractivity (Wildman–Crippen MR) is 98.6 cm³/mol. The second-order valence-electron chi connectivity index (χ2n) is 7.13. The normalized spacial score (nSPS) is 18.8. The van der Waals surface area contributed by atoms with E-state index in [0.29, 0.717) is 35.3 Å². The van der Waals surface area contributed by atoms with E-state index in [-0.39, 0.29) is 5.91 Å². The molecule has 6 nitrogen and oxygen atoms in total. The van der Waals surface area contributed by atoms with Crippen molar-refractivity contribution in [2.75, 3.05) is 40.4 Å². The van der Waals surface area contributed by atoms with E-state index < -0.39 is 0 Å². The van der Waals surface area contributed by atoms with Crippen molar-refractivity contribution in [3.8, 4) is 11.5 Å². The van der Waals surface area contributed by atoms with Crippen LogP contribution in [0.2, 0.25) is 0 Å². The molecule has 142 valence electrons. The standard InChI is InChI=1S/C20H28N2O4/c1-25-17-11-16(12-18(13-17)26-2)20(24)21-9-6-15(7-10-21)14-22-8-4-3-5-19(22)23/h11-13,15H,3-10,14H2,1-2H3. The number of carbonyl (C=O) groups is 2. The molecule has 0 saturated carbocycles. The Labute approximate surface area is 155 Å². The van der Waals surface area contributed by atoms with E-state index in [0.717, 1.165) is 51.9 Å². The van der Waals surface area contributed by atoms with Gasteiger partial charge in [-0.2, -0.15) is 0 Å². The van der Waals surface area contributed by atoms with Gasteiger partial charge in [0.2, 0.25) is 5.91 Å². The fourth-order valence-electron chi connectivity index (χ4n) is 3.80. The van der Waals surface area contributed by atoms with Crippen LogP contribution in [0.3, 0.4) is 0 Å². The number of rotatable bonds is 5. The Hall–Kier alpha value is -2.24. The second kappa shape index (κ2) is 8.43. The maximum atomic E-state index is 12.8. The minimum Gasteiger partial charge on any atom is -0.497 e. The lowest BCUT2D eigenvalue weighted by molar-refractivity contribution is -0.134. The summed E-state index contributed by atoms with van der Waals surface area (Å²) in [4.78, 5) is 28.7. The van der Waals surface area contributed by atoms with Gasteiger partial charge in [-0.15, -0.1) is 0 Å². The lowest BCUT2D eigenvalue weighted by Crippen LogP contribution is -2.44. The summed E-state index contributed by atoms with van der Waals surface area (Å²) in [6.07, 6.45) is 4.70. The van der Waals surface area contributed by atoms with E-state index in [1.807, 2.05) is 9.80 Å². The molecular weight excluding hydrogens is 332 g/mol. The SMILES string of the molecule is COc1cc(OC)cc(C(=O)N2CCC(CN3CCCCC3=O)CC2)c1. The minimum atomic E-state index is 0.00898. The van der Waals surface area contributed by atoms with Crippen LogP contribution in [0, 0.1) is 5.92 Å². The molecule has 26 heavy (non-hydrogen) atoms. The van der Waals surface area contributed by atoms with Crippen molar-refractivity contribution in [1.82, 2.24) is 9.80 Å². The topological polar surface area (TPSA) is 59.1 Å². The molecule has 6 heteroatoms. The quantitative estimate of drug-likeness (QED) is 0.810. The highest BCUT2D eigenvalue weighted by Gasteiger charge is 2.27. The summed E-state index contributed by atoms with van der Waals surface area (Å²) in [5.74, 6) is 2.02. The number of benzene rings is 1. The van der Waals surface area contributed by atoms with Crippen molar-refractivity contribution in [1.29, 1.82) is 0 Å². The number of hydrogen-bond donors (Lipinski definition) is 0. The summed E-state index contributed by atoms with van der Waals surface area (Å²) in [5, 5.41) is 0.